The molecule has 1 rings (SSSR count). The quantitative estimate of drug-likeness (QED) is 0.688. The normalized spacial score (nSPS) is 13.6. The number of hydrogen-bond acceptors (Lipinski definition) is 4. The number of carboxylic acids is 1. The van der Waals surface area contributed by atoms with Crippen LogP contribution in [-0.2, 0) is 9.59 Å². The van der Waals surface area contributed by atoms with E-state index in [1.54, 1.807) is 0 Å². The van der Waals surface area contributed by atoms with Crippen LogP contribution >= 0.6 is 27.7 Å². The molecule has 0 aliphatic carbocycles. The van der Waals surface area contributed by atoms with Gasteiger partial charge in [-0.3, -0.25) is 9.59 Å². The lowest BCUT2D eigenvalue weighted by Crippen LogP contribution is -2.34. The molecule has 7 heteroatoms. The van der Waals surface area contributed by atoms with Gasteiger partial charge in [0.15, 0.2) is 0 Å². The zero-order valence-corrected chi connectivity index (χ0v) is 13.4. The molecule has 1 unspecified atom stereocenters. The summed E-state index contributed by atoms with van der Waals surface area (Å²) in [7, 11) is 0. The molecule has 0 spiro atoms. The van der Waals surface area contributed by atoms with Crippen molar-refractivity contribution in [2.75, 3.05) is 11.5 Å². The van der Waals surface area contributed by atoms with Gasteiger partial charge in [0.25, 0.3) is 0 Å². The molecule has 0 fully saturated rings. The van der Waals surface area contributed by atoms with Gasteiger partial charge >= 0.3 is 5.97 Å². The molecule has 0 aliphatic heterocycles. The Labute approximate surface area is 130 Å². The molecule has 0 aromatic heterocycles. The average Bonchev–Trinajstić information content (AvgIpc) is 2.39. The monoisotopic (exact) mass is 360 g/mol. The first kappa shape index (κ1) is 17.0. The number of benzene rings is 1. The van der Waals surface area contributed by atoms with Gasteiger partial charge in [0.1, 0.15) is 6.04 Å². The number of carbonyl (C=O) groups excluding carboxylic acids is 1. The fourth-order valence-electron chi connectivity index (χ4n) is 1.47. The Hall–Kier alpha value is -1.05. The van der Waals surface area contributed by atoms with Crippen LogP contribution in [0.2, 0.25) is 0 Å². The van der Waals surface area contributed by atoms with Gasteiger partial charge in [-0.2, -0.15) is 0 Å². The minimum absolute atomic E-state index is 0.0932. The smallest absolute Gasteiger partial charge is 0.321 e. The summed E-state index contributed by atoms with van der Waals surface area (Å²) in [6, 6.07) is 6.67. The first-order valence-corrected chi connectivity index (χ1v) is 7.96. The lowest BCUT2D eigenvalue weighted by Gasteiger charge is -2.14. The number of aliphatic carboxylic acids is 1. The molecular formula is C13H17BrN2O3S. The predicted octanol–water partition coefficient (Wildman–Crippen LogP) is 1.77. The van der Waals surface area contributed by atoms with Gasteiger partial charge in [0.2, 0.25) is 5.91 Å². The highest BCUT2D eigenvalue weighted by molar-refractivity contribution is 9.10. The van der Waals surface area contributed by atoms with E-state index in [9.17, 15) is 9.59 Å². The standard InChI is InChI=1S/C13H17BrN2O3S/c1-8(9-2-4-10(14)5-3-9)16-12(17)7-20-6-11(15)13(18)19/h2-5,8,11H,6-7,15H2,1H3,(H,16,17)(H,18,19)/t8?,11-/m0/s1. The molecule has 5 nitrogen and oxygen atoms in total. The molecule has 0 aliphatic rings. The van der Waals surface area contributed by atoms with Gasteiger partial charge < -0.3 is 16.2 Å². The van der Waals surface area contributed by atoms with Crippen molar-refractivity contribution in [3.63, 3.8) is 0 Å². The summed E-state index contributed by atoms with van der Waals surface area (Å²) >= 11 is 4.57. The summed E-state index contributed by atoms with van der Waals surface area (Å²) in [4.78, 5) is 22.2. The van der Waals surface area contributed by atoms with Gasteiger partial charge in [0, 0.05) is 10.2 Å². The first-order chi connectivity index (χ1) is 9.40. The van der Waals surface area contributed by atoms with Crippen LogP contribution < -0.4 is 11.1 Å². The number of carbonyl (C=O) groups is 2. The molecule has 1 aromatic carbocycles. The van der Waals surface area contributed by atoms with Gasteiger partial charge in [-0.25, -0.2) is 0 Å². The minimum atomic E-state index is -1.05. The Balaban J connectivity index is 2.35. The summed E-state index contributed by atoms with van der Waals surface area (Å²) in [6.07, 6.45) is 0. The third kappa shape index (κ3) is 5.94. The van der Waals surface area contributed by atoms with Crippen molar-refractivity contribution in [1.29, 1.82) is 0 Å². The summed E-state index contributed by atoms with van der Waals surface area (Å²) in [5.74, 6) is -0.777. The third-order valence-corrected chi connectivity index (χ3v) is 4.19. The molecule has 0 saturated carbocycles. The molecule has 2 atom stereocenters. The zero-order valence-electron chi connectivity index (χ0n) is 11.0. The first-order valence-electron chi connectivity index (χ1n) is 6.01. The van der Waals surface area contributed by atoms with E-state index in [-0.39, 0.29) is 23.5 Å². The Morgan fingerprint density at radius 3 is 2.55 bits per heavy atom. The van der Waals surface area contributed by atoms with E-state index in [2.05, 4.69) is 21.2 Å². The molecule has 4 N–H and O–H groups in total. The maximum atomic E-state index is 11.7. The van der Waals surface area contributed by atoms with Crippen LogP contribution in [0.5, 0.6) is 0 Å². The maximum absolute atomic E-state index is 11.7. The number of hydrogen-bond donors (Lipinski definition) is 3. The lowest BCUT2D eigenvalue weighted by atomic mass is 10.1. The van der Waals surface area contributed by atoms with Gasteiger partial charge in [-0.05, 0) is 24.6 Å². The van der Waals surface area contributed by atoms with Crippen LogP contribution in [0.3, 0.4) is 0 Å². The summed E-state index contributed by atoms with van der Waals surface area (Å²) in [6.45, 7) is 1.90. The van der Waals surface area contributed by atoms with E-state index in [0.717, 1.165) is 10.0 Å². The Morgan fingerprint density at radius 1 is 1.40 bits per heavy atom. The Morgan fingerprint density at radius 2 is 2.00 bits per heavy atom. The van der Waals surface area contributed by atoms with E-state index in [1.165, 1.54) is 11.8 Å². The van der Waals surface area contributed by atoms with Crippen molar-refractivity contribution < 1.29 is 14.7 Å². The molecule has 0 heterocycles. The second-order valence-electron chi connectivity index (χ2n) is 4.30. The highest BCUT2D eigenvalue weighted by Crippen LogP contribution is 2.16. The number of nitrogens with one attached hydrogen (secondary N) is 1. The Bertz CT molecular complexity index is 467. The number of halogens is 1. The molecule has 110 valence electrons. The summed E-state index contributed by atoms with van der Waals surface area (Å²) in [5, 5.41) is 11.5. The average molecular weight is 361 g/mol. The van der Waals surface area contributed by atoms with E-state index in [4.69, 9.17) is 10.8 Å². The minimum Gasteiger partial charge on any atom is -0.480 e. The molecule has 1 amide bonds. The van der Waals surface area contributed by atoms with Crippen LogP contribution in [-0.4, -0.2) is 34.5 Å². The number of nitrogens with two attached hydrogens (primary N) is 1. The third-order valence-electron chi connectivity index (χ3n) is 2.60. The van der Waals surface area contributed by atoms with E-state index < -0.39 is 12.0 Å². The summed E-state index contributed by atoms with van der Waals surface area (Å²) in [5.41, 5.74) is 6.36. The number of rotatable bonds is 7. The molecule has 0 radical (unpaired) electrons. The maximum Gasteiger partial charge on any atom is 0.321 e. The topological polar surface area (TPSA) is 92.4 Å². The van der Waals surface area contributed by atoms with Crippen LogP contribution in [0.1, 0.15) is 18.5 Å². The fourth-order valence-corrected chi connectivity index (χ4v) is 2.52. The van der Waals surface area contributed by atoms with Crippen molar-refractivity contribution in [3.8, 4) is 0 Å². The van der Waals surface area contributed by atoms with Gasteiger partial charge in [0.05, 0.1) is 11.8 Å². The van der Waals surface area contributed by atoms with E-state index >= 15 is 0 Å². The second-order valence-corrected chi connectivity index (χ2v) is 6.25. The van der Waals surface area contributed by atoms with Gasteiger partial charge in [-0.15, -0.1) is 11.8 Å². The molecule has 20 heavy (non-hydrogen) atoms. The van der Waals surface area contributed by atoms with Crippen molar-refractivity contribution in [2.24, 2.45) is 5.73 Å². The van der Waals surface area contributed by atoms with Crippen LogP contribution in [0.25, 0.3) is 0 Å². The number of thioether (sulfide) groups is 1. The van der Waals surface area contributed by atoms with Crippen molar-refractivity contribution in [3.05, 3.63) is 34.3 Å². The Kier molecular flexibility index (Phi) is 7.04. The second kappa shape index (κ2) is 8.28. The van der Waals surface area contributed by atoms with Crippen LogP contribution in [0.4, 0.5) is 0 Å². The number of carboxylic acid groups (broad SMARTS) is 1. The fraction of sp³-hybridized carbons (Fsp3) is 0.385. The SMILES string of the molecule is CC(NC(=O)CSC[C@H](N)C(=O)O)c1ccc(Br)cc1. The predicted molar refractivity (Wildman–Crippen MR) is 83.6 cm³/mol. The van der Waals surface area contributed by atoms with E-state index in [0.29, 0.717) is 0 Å². The highest BCUT2D eigenvalue weighted by atomic mass is 79.9. The van der Waals surface area contributed by atoms with Crippen molar-refractivity contribution >= 4 is 39.6 Å². The zero-order chi connectivity index (χ0) is 15.1. The molecular weight excluding hydrogens is 344 g/mol. The lowest BCUT2D eigenvalue weighted by molar-refractivity contribution is -0.138. The van der Waals surface area contributed by atoms with E-state index in [1.807, 2.05) is 31.2 Å². The highest BCUT2D eigenvalue weighted by Gasteiger charge is 2.13. The molecule has 1 aromatic rings. The molecule has 0 saturated heterocycles. The summed E-state index contributed by atoms with van der Waals surface area (Å²) < 4.78 is 0.984. The van der Waals surface area contributed by atoms with Crippen molar-refractivity contribution in [1.82, 2.24) is 5.32 Å². The van der Waals surface area contributed by atoms with Crippen molar-refractivity contribution in [2.45, 2.75) is 19.0 Å². The number of amides is 1. The largest absolute Gasteiger partial charge is 0.480 e. The van der Waals surface area contributed by atoms with Gasteiger partial charge in [-0.1, -0.05) is 28.1 Å². The van der Waals surface area contributed by atoms with Crippen LogP contribution in [0.15, 0.2) is 28.7 Å². The molecule has 0 bridgehead atoms. The van der Waals surface area contributed by atoms with Crippen LogP contribution in [0, 0.1) is 0 Å².